The molecule has 3 aliphatic heterocycles. The lowest BCUT2D eigenvalue weighted by atomic mass is 10.2. The van der Waals surface area contributed by atoms with E-state index in [1.54, 1.807) is 0 Å². The molecule has 3 heterocycles. The zero-order chi connectivity index (χ0) is 12.0. The van der Waals surface area contributed by atoms with E-state index in [2.05, 4.69) is 21.3 Å². The molecule has 0 bridgehead atoms. The molecule has 0 spiro atoms. The number of hydrogen-bond donors (Lipinski definition) is 4. The van der Waals surface area contributed by atoms with Crippen molar-refractivity contribution in [3.05, 3.63) is 0 Å². The van der Waals surface area contributed by atoms with Crippen LogP contribution >= 0.6 is 0 Å². The Hall–Kier alpha value is -0.160. The fourth-order valence-corrected chi connectivity index (χ4v) is 2.03. The highest BCUT2D eigenvalue weighted by Gasteiger charge is 1.94. The molecule has 4 N–H and O–H groups in total. The highest BCUT2D eigenvalue weighted by molar-refractivity contribution is 4.59. The third-order valence-corrected chi connectivity index (χ3v) is 3.12. The molecule has 0 atom stereocenters. The predicted molar refractivity (Wildman–Crippen MR) is 74.6 cm³/mol. The molecule has 0 aromatic heterocycles. The Bertz CT molecular complexity index is 97.7. The van der Waals surface area contributed by atoms with Crippen molar-refractivity contribution in [1.29, 1.82) is 0 Å². The molecule has 3 fully saturated rings. The summed E-state index contributed by atoms with van der Waals surface area (Å²) in [5, 5.41) is 13.0. The molecule has 3 saturated heterocycles. The van der Waals surface area contributed by atoms with Gasteiger partial charge >= 0.3 is 0 Å². The van der Waals surface area contributed by atoms with Crippen LogP contribution in [0.4, 0.5) is 0 Å². The van der Waals surface area contributed by atoms with Gasteiger partial charge < -0.3 is 21.3 Å². The number of piperazine rings is 1. The third kappa shape index (κ3) is 10.7. The standard InChI is InChI=1S/C5H11N.C4H10N2.C4H9N/c1-2-4-6-5-3-1;1-2-6-4-3-5-1;1-2-4-5-3-1/h6H,1-5H2;5-6H,1-4H2;5H,1-4H2. The molecule has 0 aromatic carbocycles. The van der Waals surface area contributed by atoms with Crippen molar-refractivity contribution in [2.45, 2.75) is 32.1 Å². The van der Waals surface area contributed by atoms with Gasteiger partial charge in [-0.05, 0) is 51.9 Å². The number of nitrogens with one attached hydrogen (secondary N) is 4. The lowest BCUT2D eigenvalue weighted by Gasteiger charge is -2.11. The summed E-state index contributed by atoms with van der Waals surface area (Å²) in [6.07, 6.45) is 6.99. The quantitative estimate of drug-likeness (QED) is 0.494. The average Bonchev–Trinajstić information content (AvgIpc) is 3.03. The van der Waals surface area contributed by atoms with Crippen molar-refractivity contribution in [3.63, 3.8) is 0 Å². The molecule has 0 aliphatic carbocycles. The lowest BCUT2D eigenvalue weighted by Crippen LogP contribution is -2.39. The van der Waals surface area contributed by atoms with Crippen LogP contribution in [0.25, 0.3) is 0 Å². The maximum Gasteiger partial charge on any atom is 0.00772 e. The van der Waals surface area contributed by atoms with E-state index in [1.807, 2.05) is 0 Å². The average molecular weight is 242 g/mol. The summed E-state index contributed by atoms with van der Waals surface area (Å²) in [5.74, 6) is 0. The van der Waals surface area contributed by atoms with Crippen molar-refractivity contribution in [2.75, 3.05) is 52.4 Å². The second-order valence-electron chi connectivity index (χ2n) is 4.77. The monoisotopic (exact) mass is 242 g/mol. The van der Waals surface area contributed by atoms with Crippen LogP contribution in [0.15, 0.2) is 0 Å². The normalized spacial score (nSPS) is 24.0. The van der Waals surface area contributed by atoms with E-state index in [-0.39, 0.29) is 0 Å². The molecule has 0 radical (unpaired) electrons. The van der Waals surface area contributed by atoms with Crippen LogP contribution in [0, 0.1) is 0 Å². The molecule has 17 heavy (non-hydrogen) atoms. The van der Waals surface area contributed by atoms with E-state index in [0.717, 1.165) is 26.2 Å². The molecule has 0 amide bonds. The van der Waals surface area contributed by atoms with Crippen molar-refractivity contribution >= 4 is 0 Å². The Morgan fingerprint density at radius 2 is 0.588 bits per heavy atom. The molecule has 4 nitrogen and oxygen atoms in total. The minimum absolute atomic E-state index is 1.14. The molecule has 0 saturated carbocycles. The SMILES string of the molecule is C1CCNC1.C1CCNCC1.C1CNCCN1. The molecule has 0 unspecified atom stereocenters. The Morgan fingerprint density at radius 3 is 0.765 bits per heavy atom. The predicted octanol–water partition coefficient (Wildman–Crippen LogP) is 0.309. The Morgan fingerprint density at radius 1 is 0.294 bits per heavy atom. The maximum atomic E-state index is 3.28. The summed E-state index contributed by atoms with van der Waals surface area (Å²) < 4.78 is 0. The van der Waals surface area contributed by atoms with E-state index in [9.17, 15) is 0 Å². The number of hydrogen-bond acceptors (Lipinski definition) is 4. The molecule has 0 aromatic rings. The van der Waals surface area contributed by atoms with Gasteiger partial charge in [0.2, 0.25) is 0 Å². The number of piperidine rings is 1. The van der Waals surface area contributed by atoms with Crippen LogP contribution < -0.4 is 21.3 Å². The first-order chi connectivity index (χ1) is 8.50. The topological polar surface area (TPSA) is 48.1 Å². The van der Waals surface area contributed by atoms with Crippen LogP contribution in [0.5, 0.6) is 0 Å². The first kappa shape index (κ1) is 14.9. The van der Waals surface area contributed by atoms with Crippen LogP contribution in [-0.2, 0) is 0 Å². The van der Waals surface area contributed by atoms with E-state index in [1.165, 1.54) is 58.3 Å². The van der Waals surface area contributed by atoms with Gasteiger partial charge in [0.1, 0.15) is 0 Å². The molecule has 102 valence electrons. The van der Waals surface area contributed by atoms with Gasteiger partial charge in [-0.2, -0.15) is 0 Å². The fraction of sp³-hybridized carbons (Fsp3) is 1.00. The number of rotatable bonds is 0. The molecule has 3 rings (SSSR count). The Labute approximate surface area is 106 Å². The largest absolute Gasteiger partial charge is 0.317 e. The first-order valence-electron chi connectivity index (χ1n) is 7.33. The van der Waals surface area contributed by atoms with Gasteiger partial charge in [0, 0.05) is 26.2 Å². The van der Waals surface area contributed by atoms with E-state index >= 15 is 0 Å². The summed E-state index contributed by atoms with van der Waals surface area (Å²) in [6, 6.07) is 0. The zero-order valence-corrected chi connectivity index (χ0v) is 11.2. The van der Waals surface area contributed by atoms with E-state index in [0.29, 0.717) is 0 Å². The van der Waals surface area contributed by atoms with Crippen molar-refractivity contribution in [2.24, 2.45) is 0 Å². The first-order valence-corrected chi connectivity index (χ1v) is 7.33. The second-order valence-corrected chi connectivity index (χ2v) is 4.77. The van der Waals surface area contributed by atoms with Gasteiger partial charge in [0.05, 0.1) is 0 Å². The molecular weight excluding hydrogens is 212 g/mol. The van der Waals surface area contributed by atoms with Gasteiger partial charge in [-0.25, -0.2) is 0 Å². The highest BCUT2D eigenvalue weighted by atomic mass is 15.0. The van der Waals surface area contributed by atoms with Crippen molar-refractivity contribution in [3.8, 4) is 0 Å². The van der Waals surface area contributed by atoms with Crippen LogP contribution in [0.3, 0.4) is 0 Å². The summed E-state index contributed by atoms with van der Waals surface area (Å²) in [5.41, 5.74) is 0. The minimum Gasteiger partial charge on any atom is -0.317 e. The van der Waals surface area contributed by atoms with Gasteiger partial charge in [0.15, 0.2) is 0 Å². The summed E-state index contributed by atoms with van der Waals surface area (Å²) in [6.45, 7) is 9.56. The summed E-state index contributed by atoms with van der Waals surface area (Å²) in [7, 11) is 0. The minimum atomic E-state index is 1.14. The highest BCUT2D eigenvalue weighted by Crippen LogP contribution is 1.96. The van der Waals surface area contributed by atoms with Gasteiger partial charge in [-0.3, -0.25) is 0 Å². The van der Waals surface area contributed by atoms with Gasteiger partial charge in [-0.15, -0.1) is 0 Å². The van der Waals surface area contributed by atoms with E-state index < -0.39 is 0 Å². The second kappa shape index (κ2) is 12.3. The summed E-state index contributed by atoms with van der Waals surface area (Å²) in [4.78, 5) is 0. The van der Waals surface area contributed by atoms with Crippen LogP contribution in [-0.4, -0.2) is 52.4 Å². The summed E-state index contributed by atoms with van der Waals surface area (Å²) >= 11 is 0. The van der Waals surface area contributed by atoms with Crippen LogP contribution in [0.2, 0.25) is 0 Å². The third-order valence-electron chi connectivity index (χ3n) is 3.12. The smallest absolute Gasteiger partial charge is 0.00772 e. The molecule has 4 heteroatoms. The van der Waals surface area contributed by atoms with Crippen molar-refractivity contribution < 1.29 is 0 Å². The van der Waals surface area contributed by atoms with Crippen LogP contribution in [0.1, 0.15) is 32.1 Å². The molecular formula is C13H30N4. The fourth-order valence-electron chi connectivity index (χ4n) is 2.03. The van der Waals surface area contributed by atoms with Crippen molar-refractivity contribution in [1.82, 2.24) is 21.3 Å². The molecule has 3 aliphatic rings. The maximum absolute atomic E-state index is 3.28. The van der Waals surface area contributed by atoms with Gasteiger partial charge in [0.25, 0.3) is 0 Å². The lowest BCUT2D eigenvalue weighted by molar-refractivity contribution is 0.520. The van der Waals surface area contributed by atoms with Gasteiger partial charge in [-0.1, -0.05) is 6.42 Å². The Kier molecular flexibility index (Phi) is 10.8. The Balaban J connectivity index is 0.000000128. The van der Waals surface area contributed by atoms with E-state index in [4.69, 9.17) is 0 Å². The zero-order valence-electron chi connectivity index (χ0n) is 11.2.